The van der Waals surface area contributed by atoms with Crippen molar-refractivity contribution in [3.63, 3.8) is 0 Å². The minimum absolute atomic E-state index is 0.453. The van der Waals surface area contributed by atoms with Crippen LogP contribution in [0.2, 0.25) is 0 Å². The monoisotopic (exact) mass is 710 g/mol. The summed E-state index contributed by atoms with van der Waals surface area (Å²) in [4.78, 5) is 4.58. The van der Waals surface area contributed by atoms with Crippen molar-refractivity contribution < 1.29 is 0 Å². The third-order valence-electron chi connectivity index (χ3n) is 12.3. The molecule has 0 radical (unpaired) electrons. The minimum Gasteiger partial charge on any atom is -0.309 e. The summed E-state index contributed by atoms with van der Waals surface area (Å²) in [5.74, 6) is 0. The lowest BCUT2D eigenvalue weighted by Gasteiger charge is -2.31. The van der Waals surface area contributed by atoms with Crippen molar-refractivity contribution in [3.05, 3.63) is 229 Å². The van der Waals surface area contributed by atoms with Crippen LogP contribution in [0.25, 0.3) is 83.3 Å². The van der Waals surface area contributed by atoms with Crippen LogP contribution in [0.5, 0.6) is 0 Å². The van der Waals surface area contributed by atoms with E-state index in [1.54, 1.807) is 0 Å². The van der Waals surface area contributed by atoms with Crippen LogP contribution in [0.1, 0.15) is 22.3 Å². The van der Waals surface area contributed by atoms with Gasteiger partial charge in [-0.25, -0.2) is 0 Å². The number of nitrogens with zero attached hydrogens (tertiary/aromatic N) is 2. The molecule has 0 aliphatic heterocycles. The van der Waals surface area contributed by atoms with Gasteiger partial charge in [0, 0.05) is 28.2 Å². The zero-order valence-electron chi connectivity index (χ0n) is 30.5. The molecule has 2 aliphatic rings. The van der Waals surface area contributed by atoms with Crippen LogP contribution < -0.4 is 0 Å². The van der Waals surface area contributed by atoms with Gasteiger partial charge in [-0.2, -0.15) is 0 Å². The van der Waals surface area contributed by atoms with Crippen LogP contribution in [0.3, 0.4) is 0 Å². The number of para-hydroxylation sites is 2. The molecule has 0 saturated carbocycles. The Bertz CT molecular complexity index is 3130. The Balaban J connectivity index is 1.06. The highest BCUT2D eigenvalue weighted by atomic mass is 15.0. The Morgan fingerprint density at radius 2 is 0.857 bits per heavy atom. The number of aromatic nitrogens is 2. The fraction of sp³-hybridized carbons (Fsp3) is 0.0185. The second-order valence-electron chi connectivity index (χ2n) is 15.1. The largest absolute Gasteiger partial charge is 0.309 e. The smallest absolute Gasteiger partial charge is 0.0725 e. The predicted molar refractivity (Wildman–Crippen MR) is 231 cm³/mol. The van der Waals surface area contributed by atoms with Crippen molar-refractivity contribution in [3.8, 4) is 61.5 Å². The second kappa shape index (κ2) is 11.9. The quantitative estimate of drug-likeness (QED) is 0.178. The highest BCUT2D eigenvalue weighted by molar-refractivity contribution is 6.10. The maximum absolute atomic E-state index is 4.58. The first kappa shape index (κ1) is 31.1. The Morgan fingerprint density at radius 3 is 1.55 bits per heavy atom. The molecule has 0 unspecified atom stereocenters. The summed E-state index contributed by atoms with van der Waals surface area (Å²) in [5, 5.41) is 2.52. The summed E-state index contributed by atoms with van der Waals surface area (Å²) in [5.41, 5.74) is 20.7. The first-order valence-corrected chi connectivity index (χ1v) is 19.4. The molecule has 2 nitrogen and oxygen atoms in total. The molecule has 2 aliphatic carbocycles. The Labute approximate surface area is 325 Å². The van der Waals surface area contributed by atoms with E-state index in [0.717, 1.165) is 11.3 Å². The predicted octanol–water partition coefficient (Wildman–Crippen LogP) is 13.5. The summed E-state index contributed by atoms with van der Waals surface area (Å²) in [7, 11) is 0. The van der Waals surface area contributed by atoms with E-state index < -0.39 is 5.41 Å². The van der Waals surface area contributed by atoms with Gasteiger partial charge in [-0.1, -0.05) is 146 Å². The van der Waals surface area contributed by atoms with Gasteiger partial charge in [0.25, 0.3) is 0 Å². The van der Waals surface area contributed by atoms with Crippen molar-refractivity contribution >= 4 is 21.8 Å². The molecule has 56 heavy (non-hydrogen) atoms. The van der Waals surface area contributed by atoms with Crippen molar-refractivity contribution in [2.24, 2.45) is 0 Å². The van der Waals surface area contributed by atoms with Crippen molar-refractivity contribution in [2.45, 2.75) is 5.41 Å². The highest BCUT2D eigenvalue weighted by Crippen LogP contribution is 2.63. The maximum Gasteiger partial charge on any atom is 0.0725 e. The maximum atomic E-state index is 4.58. The second-order valence-corrected chi connectivity index (χ2v) is 15.1. The van der Waals surface area contributed by atoms with Gasteiger partial charge < -0.3 is 4.57 Å². The van der Waals surface area contributed by atoms with Gasteiger partial charge in [-0.3, -0.25) is 4.98 Å². The molecule has 0 bridgehead atoms. The number of rotatable bonds is 4. The van der Waals surface area contributed by atoms with Crippen molar-refractivity contribution in [1.29, 1.82) is 0 Å². The van der Waals surface area contributed by atoms with E-state index in [1.165, 1.54) is 94.3 Å². The van der Waals surface area contributed by atoms with Crippen LogP contribution in [-0.2, 0) is 5.41 Å². The van der Waals surface area contributed by atoms with Gasteiger partial charge in [0.2, 0.25) is 0 Å². The molecule has 0 atom stereocenters. The van der Waals surface area contributed by atoms with Gasteiger partial charge in [0.1, 0.15) is 0 Å². The van der Waals surface area contributed by atoms with E-state index in [0.29, 0.717) is 0 Å². The lowest BCUT2D eigenvalue weighted by atomic mass is 9.70. The molecule has 2 aromatic heterocycles. The number of pyridine rings is 1. The van der Waals surface area contributed by atoms with E-state index in [4.69, 9.17) is 0 Å². The summed E-state index contributed by atoms with van der Waals surface area (Å²) in [6, 6.07) is 73.9. The van der Waals surface area contributed by atoms with Crippen LogP contribution in [-0.4, -0.2) is 9.55 Å². The SMILES string of the molecule is c1ccc(-n2c3ccccc3c3cc(-c4ccc5c(c4)C4(c6ccccc6-c6ccccc64)c4cc(-c6ccc(-c7ccccn7)cc6)ccc4-5)ccc32)cc1. The normalized spacial score (nSPS) is 13.1. The lowest BCUT2D eigenvalue weighted by molar-refractivity contribution is 0.794. The molecule has 1 spiro atoms. The van der Waals surface area contributed by atoms with E-state index in [9.17, 15) is 0 Å². The van der Waals surface area contributed by atoms with E-state index >= 15 is 0 Å². The molecule has 12 rings (SSSR count). The summed E-state index contributed by atoms with van der Waals surface area (Å²) in [6.45, 7) is 0. The molecule has 0 fully saturated rings. The Kier molecular flexibility index (Phi) is 6.58. The molecule has 0 amide bonds. The van der Waals surface area contributed by atoms with Gasteiger partial charge in [0.05, 0.1) is 22.1 Å². The molecule has 260 valence electrons. The third-order valence-corrected chi connectivity index (χ3v) is 12.3. The number of hydrogen-bond donors (Lipinski definition) is 0. The molecular weight excluding hydrogens is 677 g/mol. The number of hydrogen-bond acceptors (Lipinski definition) is 1. The zero-order chi connectivity index (χ0) is 36.8. The molecule has 8 aromatic carbocycles. The van der Waals surface area contributed by atoms with Gasteiger partial charge in [-0.05, 0) is 121 Å². The van der Waals surface area contributed by atoms with Crippen LogP contribution >= 0.6 is 0 Å². The standard InChI is InChI=1S/C54H34N2/c1-2-12-40(13-3-1)56-52-20-9-6-16-45(52)46-32-37(27-30-53(46)56)39-26-29-44-43-28-25-38(35-21-23-36(24-22-35)51-19-10-11-31-55-51)33-49(43)54(50(44)34-39)47-17-7-4-14-41(47)42-15-5-8-18-48(42)54/h1-34H. The summed E-state index contributed by atoms with van der Waals surface area (Å²) >= 11 is 0. The third kappa shape index (κ3) is 4.30. The van der Waals surface area contributed by atoms with Gasteiger partial charge in [-0.15, -0.1) is 0 Å². The zero-order valence-corrected chi connectivity index (χ0v) is 30.5. The van der Waals surface area contributed by atoms with Crippen LogP contribution in [0.15, 0.2) is 206 Å². The number of benzene rings is 8. The van der Waals surface area contributed by atoms with E-state index in [-0.39, 0.29) is 0 Å². The molecular formula is C54H34N2. The Morgan fingerprint density at radius 1 is 0.339 bits per heavy atom. The molecule has 10 aromatic rings. The van der Waals surface area contributed by atoms with Crippen molar-refractivity contribution in [2.75, 3.05) is 0 Å². The molecule has 0 N–H and O–H groups in total. The van der Waals surface area contributed by atoms with Gasteiger partial charge in [0.15, 0.2) is 0 Å². The molecule has 2 heterocycles. The van der Waals surface area contributed by atoms with Crippen LogP contribution in [0, 0.1) is 0 Å². The average Bonchev–Trinajstić information content (AvgIpc) is 3.88. The topological polar surface area (TPSA) is 17.8 Å². The first-order chi connectivity index (χ1) is 27.8. The fourth-order valence-electron chi connectivity index (χ4n) is 9.87. The van der Waals surface area contributed by atoms with Crippen LogP contribution in [0.4, 0.5) is 0 Å². The summed E-state index contributed by atoms with van der Waals surface area (Å²) in [6.07, 6.45) is 1.85. The first-order valence-electron chi connectivity index (χ1n) is 19.4. The highest BCUT2D eigenvalue weighted by Gasteiger charge is 2.51. The molecule has 0 saturated heterocycles. The van der Waals surface area contributed by atoms with Crippen molar-refractivity contribution in [1.82, 2.24) is 9.55 Å². The van der Waals surface area contributed by atoms with Gasteiger partial charge >= 0.3 is 0 Å². The Hall–Kier alpha value is -7.29. The van der Waals surface area contributed by atoms with E-state index in [1.807, 2.05) is 18.3 Å². The average molecular weight is 711 g/mol. The molecule has 2 heteroatoms. The lowest BCUT2D eigenvalue weighted by Crippen LogP contribution is -2.26. The van der Waals surface area contributed by atoms with E-state index in [2.05, 4.69) is 198 Å². The summed E-state index contributed by atoms with van der Waals surface area (Å²) < 4.78 is 2.39. The number of fused-ring (bicyclic) bond motifs is 13. The fourth-order valence-corrected chi connectivity index (χ4v) is 9.87. The minimum atomic E-state index is -0.453.